The summed E-state index contributed by atoms with van der Waals surface area (Å²) in [5.41, 5.74) is -0.514. The van der Waals surface area contributed by atoms with Gasteiger partial charge in [0.15, 0.2) is 0 Å². The minimum Gasteiger partial charge on any atom is -0.211 e. The second-order valence-corrected chi connectivity index (χ2v) is 6.86. The molecular formula is C14H22N2O2. The number of hydrogen-bond acceptors (Lipinski definition) is 4. The zero-order chi connectivity index (χ0) is 14.0. The highest BCUT2D eigenvalue weighted by Gasteiger charge is 2.52. The van der Waals surface area contributed by atoms with Crippen molar-refractivity contribution in [3.8, 4) is 0 Å². The van der Waals surface area contributed by atoms with Crippen molar-refractivity contribution in [2.75, 3.05) is 6.54 Å². The Morgan fingerprint density at radius 3 is 2.22 bits per heavy atom. The monoisotopic (exact) mass is 250 g/mol. The van der Waals surface area contributed by atoms with Gasteiger partial charge in [-0.3, -0.25) is 0 Å². The summed E-state index contributed by atoms with van der Waals surface area (Å²) in [4.78, 5) is 28.9. The van der Waals surface area contributed by atoms with Crippen molar-refractivity contribution in [1.82, 2.24) is 0 Å². The van der Waals surface area contributed by atoms with E-state index in [1.807, 2.05) is 6.92 Å². The van der Waals surface area contributed by atoms with E-state index in [0.717, 1.165) is 12.8 Å². The Kier molecular flexibility index (Phi) is 3.95. The second kappa shape index (κ2) is 4.79. The standard InChI is InChI=1S/C14H22N2O2/c1-11-13(4,8-15-9-17)6-12(2,3)7-14(11,5)16-10-18/h11H,6-8H2,1-5H3. The highest BCUT2D eigenvalue weighted by atomic mass is 16.1. The van der Waals surface area contributed by atoms with E-state index in [4.69, 9.17) is 0 Å². The van der Waals surface area contributed by atoms with Gasteiger partial charge < -0.3 is 0 Å². The van der Waals surface area contributed by atoms with Crippen LogP contribution in [0.4, 0.5) is 0 Å². The minimum absolute atomic E-state index is 0.0643. The van der Waals surface area contributed by atoms with Crippen LogP contribution >= 0.6 is 0 Å². The average Bonchev–Trinajstić information content (AvgIpc) is 2.22. The quantitative estimate of drug-likeness (QED) is 0.571. The number of aliphatic imine (C=N–C) groups is 2. The molecular weight excluding hydrogens is 228 g/mol. The number of isocyanates is 2. The van der Waals surface area contributed by atoms with Gasteiger partial charge in [-0.15, -0.1) is 0 Å². The molecule has 0 spiro atoms. The molecule has 0 radical (unpaired) electrons. The van der Waals surface area contributed by atoms with Crippen LogP contribution in [-0.2, 0) is 9.59 Å². The summed E-state index contributed by atoms with van der Waals surface area (Å²) in [5, 5.41) is 0. The molecule has 1 rings (SSSR count). The third kappa shape index (κ3) is 2.77. The highest BCUT2D eigenvalue weighted by Crippen LogP contribution is 2.55. The first-order valence-corrected chi connectivity index (χ1v) is 6.32. The van der Waals surface area contributed by atoms with Crippen LogP contribution in [-0.4, -0.2) is 24.2 Å². The predicted octanol–water partition coefficient (Wildman–Crippen LogP) is 2.88. The molecule has 0 aliphatic heterocycles. The molecule has 100 valence electrons. The van der Waals surface area contributed by atoms with Gasteiger partial charge in [0.2, 0.25) is 12.2 Å². The zero-order valence-electron chi connectivity index (χ0n) is 11.9. The van der Waals surface area contributed by atoms with Gasteiger partial charge in [0, 0.05) is 0 Å². The molecule has 3 atom stereocenters. The molecule has 0 N–H and O–H groups in total. The minimum atomic E-state index is -0.434. The van der Waals surface area contributed by atoms with E-state index >= 15 is 0 Å². The fraction of sp³-hybridized carbons (Fsp3) is 0.857. The van der Waals surface area contributed by atoms with Gasteiger partial charge in [0.05, 0.1) is 12.1 Å². The van der Waals surface area contributed by atoms with E-state index in [0.29, 0.717) is 6.54 Å². The molecule has 0 saturated heterocycles. The molecule has 1 aliphatic rings. The molecule has 1 fully saturated rings. The van der Waals surface area contributed by atoms with Gasteiger partial charge in [0.25, 0.3) is 0 Å². The second-order valence-electron chi connectivity index (χ2n) is 6.86. The van der Waals surface area contributed by atoms with Gasteiger partial charge in [0.1, 0.15) is 0 Å². The Hall–Kier alpha value is -1.24. The fourth-order valence-corrected chi connectivity index (χ4v) is 3.83. The molecule has 3 unspecified atom stereocenters. The summed E-state index contributed by atoms with van der Waals surface area (Å²) in [6.07, 6.45) is 5.12. The largest absolute Gasteiger partial charge is 0.235 e. The van der Waals surface area contributed by atoms with Crippen molar-refractivity contribution >= 4 is 12.2 Å². The van der Waals surface area contributed by atoms with Gasteiger partial charge in [-0.2, -0.15) is 4.99 Å². The summed E-state index contributed by atoms with van der Waals surface area (Å²) < 4.78 is 0. The number of hydrogen-bond donors (Lipinski definition) is 0. The van der Waals surface area contributed by atoms with E-state index in [9.17, 15) is 9.59 Å². The predicted molar refractivity (Wildman–Crippen MR) is 69.8 cm³/mol. The lowest BCUT2D eigenvalue weighted by atomic mass is 9.53. The highest BCUT2D eigenvalue weighted by molar-refractivity contribution is 5.36. The lowest BCUT2D eigenvalue weighted by Crippen LogP contribution is -2.52. The van der Waals surface area contributed by atoms with Crippen LogP contribution in [0.3, 0.4) is 0 Å². The molecule has 0 aromatic heterocycles. The van der Waals surface area contributed by atoms with Crippen LogP contribution in [0.25, 0.3) is 0 Å². The molecule has 0 aromatic rings. The van der Waals surface area contributed by atoms with Crippen molar-refractivity contribution in [3.05, 3.63) is 0 Å². The van der Waals surface area contributed by atoms with Crippen LogP contribution in [0.5, 0.6) is 0 Å². The first kappa shape index (κ1) is 14.8. The Bertz CT molecular complexity index is 420. The summed E-state index contributed by atoms with van der Waals surface area (Å²) >= 11 is 0. The van der Waals surface area contributed by atoms with Gasteiger partial charge in [-0.25, -0.2) is 14.6 Å². The molecule has 4 nitrogen and oxygen atoms in total. The lowest BCUT2D eigenvalue weighted by molar-refractivity contribution is -0.00805. The topological polar surface area (TPSA) is 58.9 Å². The van der Waals surface area contributed by atoms with E-state index < -0.39 is 5.54 Å². The molecule has 4 heteroatoms. The van der Waals surface area contributed by atoms with Gasteiger partial charge >= 0.3 is 0 Å². The van der Waals surface area contributed by atoms with Crippen LogP contribution in [0.15, 0.2) is 9.98 Å². The van der Waals surface area contributed by atoms with Crippen molar-refractivity contribution < 1.29 is 9.59 Å². The maximum atomic E-state index is 10.7. The number of rotatable bonds is 3. The fourth-order valence-electron chi connectivity index (χ4n) is 3.83. The maximum Gasteiger partial charge on any atom is 0.235 e. The van der Waals surface area contributed by atoms with Crippen LogP contribution in [0, 0.1) is 16.7 Å². The summed E-state index contributed by atoms with van der Waals surface area (Å²) in [6, 6.07) is 0. The van der Waals surface area contributed by atoms with Crippen LogP contribution in [0.2, 0.25) is 0 Å². The van der Waals surface area contributed by atoms with E-state index in [1.54, 1.807) is 12.2 Å². The van der Waals surface area contributed by atoms with Gasteiger partial charge in [-0.1, -0.05) is 27.7 Å². The third-order valence-electron chi connectivity index (χ3n) is 4.50. The van der Waals surface area contributed by atoms with Gasteiger partial charge in [-0.05, 0) is 36.5 Å². The summed E-state index contributed by atoms with van der Waals surface area (Å²) in [5.74, 6) is 0.163. The third-order valence-corrected chi connectivity index (χ3v) is 4.50. The van der Waals surface area contributed by atoms with Crippen molar-refractivity contribution in [2.45, 2.75) is 53.0 Å². The molecule has 1 aliphatic carbocycles. The van der Waals surface area contributed by atoms with E-state index in [1.165, 1.54) is 0 Å². The van der Waals surface area contributed by atoms with E-state index in [-0.39, 0.29) is 16.7 Å². The lowest BCUT2D eigenvalue weighted by Gasteiger charge is -2.53. The Morgan fingerprint density at radius 1 is 1.11 bits per heavy atom. The van der Waals surface area contributed by atoms with E-state index in [2.05, 4.69) is 37.7 Å². The molecule has 0 aromatic carbocycles. The average molecular weight is 250 g/mol. The van der Waals surface area contributed by atoms with Crippen LogP contribution in [0.1, 0.15) is 47.5 Å². The molecule has 18 heavy (non-hydrogen) atoms. The van der Waals surface area contributed by atoms with Crippen molar-refractivity contribution in [1.29, 1.82) is 0 Å². The first-order valence-electron chi connectivity index (χ1n) is 6.32. The van der Waals surface area contributed by atoms with Crippen molar-refractivity contribution in [3.63, 3.8) is 0 Å². The molecule has 0 amide bonds. The Balaban J connectivity index is 3.19. The maximum absolute atomic E-state index is 10.7. The summed E-state index contributed by atoms with van der Waals surface area (Å²) in [6.45, 7) is 11.0. The van der Waals surface area contributed by atoms with Crippen LogP contribution < -0.4 is 0 Å². The smallest absolute Gasteiger partial charge is 0.211 e. The summed E-state index contributed by atoms with van der Waals surface area (Å²) in [7, 11) is 0. The molecule has 0 heterocycles. The number of carbonyl (C=O) groups excluding carboxylic acids is 2. The Morgan fingerprint density at radius 2 is 1.72 bits per heavy atom. The first-order chi connectivity index (χ1) is 8.19. The zero-order valence-corrected chi connectivity index (χ0v) is 11.9. The normalized spacial score (nSPS) is 38.4. The number of nitrogens with zero attached hydrogens (tertiary/aromatic N) is 2. The molecule has 1 saturated carbocycles. The Labute approximate surface area is 109 Å². The SMILES string of the molecule is CC1C(C)(CN=C=O)CC(C)(C)CC1(C)N=C=O. The van der Waals surface area contributed by atoms with Crippen molar-refractivity contribution in [2.24, 2.45) is 26.7 Å². The molecule has 0 bridgehead atoms.